The van der Waals surface area contributed by atoms with E-state index in [-0.39, 0.29) is 18.6 Å². The van der Waals surface area contributed by atoms with Crippen molar-refractivity contribution >= 4 is 17.3 Å². The molecule has 1 aliphatic heterocycles. The summed E-state index contributed by atoms with van der Waals surface area (Å²) in [6, 6.07) is 0. The van der Waals surface area contributed by atoms with Gasteiger partial charge in [0.1, 0.15) is 5.01 Å². The fourth-order valence-corrected chi connectivity index (χ4v) is 2.69. The van der Waals surface area contributed by atoms with Crippen molar-refractivity contribution in [1.29, 1.82) is 0 Å². The number of carboxylic acids is 1. The number of carbonyl (C=O) groups is 1. The molecule has 1 aromatic heterocycles. The Hall–Kier alpha value is -0.940. The summed E-state index contributed by atoms with van der Waals surface area (Å²) in [6.07, 6.45) is 0. The predicted octanol–water partition coefficient (Wildman–Crippen LogP) is 1.79. The molecule has 0 spiro atoms. The van der Waals surface area contributed by atoms with Crippen LogP contribution in [0.4, 0.5) is 0 Å². The summed E-state index contributed by atoms with van der Waals surface area (Å²) in [6.45, 7) is 6.67. The zero-order valence-electron chi connectivity index (χ0n) is 9.61. The SMILES string of the molecule is CC(C)(C)c1csc(C2(C(=O)O)COC2)n1. The minimum absolute atomic E-state index is 0.0426. The van der Waals surface area contributed by atoms with E-state index in [4.69, 9.17) is 4.74 Å². The second-order valence-corrected chi connectivity index (χ2v) is 6.03. The van der Waals surface area contributed by atoms with Gasteiger partial charge in [-0.1, -0.05) is 20.8 Å². The Morgan fingerprint density at radius 3 is 2.50 bits per heavy atom. The fourth-order valence-electron chi connectivity index (χ4n) is 1.48. The van der Waals surface area contributed by atoms with Gasteiger partial charge in [0.05, 0.1) is 18.9 Å². The average molecular weight is 241 g/mol. The van der Waals surface area contributed by atoms with Gasteiger partial charge in [0, 0.05) is 10.8 Å². The number of hydrogen-bond acceptors (Lipinski definition) is 4. The molecule has 0 atom stereocenters. The van der Waals surface area contributed by atoms with Gasteiger partial charge < -0.3 is 9.84 Å². The zero-order valence-corrected chi connectivity index (χ0v) is 10.4. The lowest BCUT2D eigenvalue weighted by molar-refractivity contribution is -0.163. The van der Waals surface area contributed by atoms with E-state index in [1.807, 2.05) is 5.38 Å². The minimum Gasteiger partial charge on any atom is -0.480 e. The summed E-state index contributed by atoms with van der Waals surface area (Å²) >= 11 is 1.42. The highest BCUT2D eigenvalue weighted by molar-refractivity contribution is 7.10. The van der Waals surface area contributed by atoms with Crippen LogP contribution in [0.25, 0.3) is 0 Å². The molecule has 1 saturated heterocycles. The highest BCUT2D eigenvalue weighted by Gasteiger charge is 2.50. The van der Waals surface area contributed by atoms with Crippen molar-refractivity contribution in [2.45, 2.75) is 31.6 Å². The Morgan fingerprint density at radius 1 is 1.56 bits per heavy atom. The molecule has 0 aliphatic carbocycles. The van der Waals surface area contributed by atoms with Crippen molar-refractivity contribution in [2.24, 2.45) is 0 Å². The van der Waals surface area contributed by atoms with Crippen molar-refractivity contribution in [1.82, 2.24) is 4.98 Å². The second-order valence-electron chi connectivity index (χ2n) is 5.17. The molecule has 1 N–H and O–H groups in total. The quantitative estimate of drug-likeness (QED) is 0.857. The van der Waals surface area contributed by atoms with E-state index in [1.54, 1.807) is 0 Å². The molecular weight excluding hydrogens is 226 g/mol. The molecule has 88 valence electrons. The van der Waals surface area contributed by atoms with Crippen LogP contribution in [0.15, 0.2) is 5.38 Å². The van der Waals surface area contributed by atoms with Gasteiger partial charge in [-0.2, -0.15) is 0 Å². The molecule has 0 radical (unpaired) electrons. The van der Waals surface area contributed by atoms with Crippen molar-refractivity contribution in [3.8, 4) is 0 Å². The van der Waals surface area contributed by atoms with Gasteiger partial charge in [-0.05, 0) is 0 Å². The summed E-state index contributed by atoms with van der Waals surface area (Å²) in [5.41, 5.74) is 0.00718. The maximum atomic E-state index is 11.2. The van der Waals surface area contributed by atoms with Crippen LogP contribution in [0.2, 0.25) is 0 Å². The van der Waals surface area contributed by atoms with Crippen LogP contribution in [0.1, 0.15) is 31.5 Å². The minimum atomic E-state index is -0.895. The number of aromatic nitrogens is 1. The first kappa shape index (κ1) is 11.5. The lowest BCUT2D eigenvalue weighted by Crippen LogP contribution is -2.53. The summed E-state index contributed by atoms with van der Waals surface area (Å²) in [4.78, 5) is 15.7. The van der Waals surface area contributed by atoms with Gasteiger partial charge in [-0.15, -0.1) is 11.3 Å². The maximum Gasteiger partial charge on any atom is 0.321 e. The molecule has 2 heterocycles. The van der Waals surface area contributed by atoms with Gasteiger partial charge in [0.15, 0.2) is 5.41 Å². The van der Waals surface area contributed by atoms with Crippen molar-refractivity contribution in [2.75, 3.05) is 13.2 Å². The van der Waals surface area contributed by atoms with E-state index < -0.39 is 11.4 Å². The molecule has 16 heavy (non-hydrogen) atoms. The zero-order chi connectivity index (χ0) is 12.0. The molecule has 0 aromatic carbocycles. The number of rotatable bonds is 2. The Bertz CT molecular complexity index is 415. The van der Waals surface area contributed by atoms with Crippen LogP contribution in [-0.4, -0.2) is 29.3 Å². The van der Waals surface area contributed by atoms with Gasteiger partial charge in [0.2, 0.25) is 0 Å². The smallest absolute Gasteiger partial charge is 0.321 e. The number of nitrogens with zero attached hydrogens (tertiary/aromatic N) is 1. The lowest BCUT2D eigenvalue weighted by Gasteiger charge is -2.35. The molecule has 1 aromatic rings. The summed E-state index contributed by atoms with van der Waals surface area (Å²) in [5, 5.41) is 11.8. The first-order chi connectivity index (χ1) is 7.36. The monoisotopic (exact) mass is 241 g/mol. The average Bonchev–Trinajstić information content (AvgIpc) is 2.48. The molecule has 0 bridgehead atoms. The molecule has 2 rings (SSSR count). The van der Waals surface area contributed by atoms with E-state index in [0.29, 0.717) is 5.01 Å². The molecular formula is C11H15NO3S. The molecule has 0 unspecified atom stereocenters. The number of ether oxygens (including phenoxy) is 1. The molecule has 0 amide bonds. The maximum absolute atomic E-state index is 11.2. The number of thiazole rings is 1. The largest absolute Gasteiger partial charge is 0.480 e. The van der Waals surface area contributed by atoms with E-state index >= 15 is 0 Å². The van der Waals surface area contributed by atoms with Crippen LogP contribution in [0.5, 0.6) is 0 Å². The number of hydrogen-bond donors (Lipinski definition) is 1. The first-order valence-corrected chi connectivity index (χ1v) is 6.02. The van der Waals surface area contributed by atoms with Gasteiger partial charge >= 0.3 is 5.97 Å². The summed E-state index contributed by atoms with van der Waals surface area (Å²) in [7, 11) is 0. The van der Waals surface area contributed by atoms with Crippen LogP contribution < -0.4 is 0 Å². The molecule has 4 nitrogen and oxygen atoms in total. The molecule has 1 aliphatic rings. The standard InChI is InChI=1S/C11H15NO3S/c1-10(2,3)7-4-16-8(12-7)11(9(13)14)5-15-6-11/h4H,5-6H2,1-3H3,(H,13,14). The second kappa shape index (κ2) is 3.53. The van der Waals surface area contributed by atoms with E-state index in [1.165, 1.54) is 11.3 Å². The van der Waals surface area contributed by atoms with Crippen LogP contribution >= 0.6 is 11.3 Å². The highest BCUT2D eigenvalue weighted by atomic mass is 32.1. The third kappa shape index (κ3) is 1.64. The topological polar surface area (TPSA) is 59.4 Å². The Morgan fingerprint density at radius 2 is 2.19 bits per heavy atom. The van der Waals surface area contributed by atoms with Crippen molar-refractivity contribution in [3.63, 3.8) is 0 Å². The summed E-state index contributed by atoms with van der Waals surface area (Å²) in [5.74, 6) is -0.839. The van der Waals surface area contributed by atoms with E-state index in [2.05, 4.69) is 25.8 Å². The third-order valence-corrected chi connectivity index (χ3v) is 3.83. The van der Waals surface area contributed by atoms with Crippen LogP contribution in [-0.2, 0) is 20.4 Å². The van der Waals surface area contributed by atoms with Crippen molar-refractivity contribution < 1.29 is 14.6 Å². The number of aliphatic carboxylic acids is 1. The molecule has 5 heteroatoms. The predicted molar refractivity (Wildman–Crippen MR) is 60.9 cm³/mol. The lowest BCUT2D eigenvalue weighted by atomic mass is 9.86. The van der Waals surface area contributed by atoms with E-state index in [9.17, 15) is 9.90 Å². The summed E-state index contributed by atoms with van der Waals surface area (Å²) < 4.78 is 5.03. The molecule has 1 fully saturated rings. The van der Waals surface area contributed by atoms with E-state index in [0.717, 1.165) is 5.69 Å². The number of carboxylic acid groups (broad SMARTS) is 1. The van der Waals surface area contributed by atoms with Gasteiger partial charge in [-0.3, -0.25) is 4.79 Å². The van der Waals surface area contributed by atoms with Crippen LogP contribution in [0, 0.1) is 0 Å². The fraction of sp³-hybridized carbons (Fsp3) is 0.636. The normalized spacial score (nSPS) is 19.2. The van der Waals surface area contributed by atoms with Crippen LogP contribution in [0.3, 0.4) is 0 Å². The Balaban J connectivity index is 2.35. The highest BCUT2D eigenvalue weighted by Crippen LogP contribution is 2.36. The Labute approximate surface area is 98.3 Å². The van der Waals surface area contributed by atoms with Gasteiger partial charge in [0.25, 0.3) is 0 Å². The third-order valence-electron chi connectivity index (χ3n) is 2.79. The first-order valence-electron chi connectivity index (χ1n) is 5.14. The molecule has 0 saturated carbocycles. The van der Waals surface area contributed by atoms with Gasteiger partial charge in [-0.25, -0.2) is 4.98 Å². The Kier molecular flexibility index (Phi) is 2.55. The van der Waals surface area contributed by atoms with Crippen molar-refractivity contribution in [3.05, 3.63) is 16.1 Å².